The minimum atomic E-state index is -0.0110. The lowest BCUT2D eigenvalue weighted by atomic mass is 9.58. The second kappa shape index (κ2) is 5.77. The molecule has 1 N–H and O–H groups in total. The van der Waals surface area contributed by atoms with E-state index in [1.807, 2.05) is 0 Å². The monoisotopic (exact) mass is 317 g/mol. The Kier molecular flexibility index (Phi) is 4.01. The Balaban J connectivity index is 1.52. The third-order valence-corrected chi connectivity index (χ3v) is 7.70. The fourth-order valence-corrected chi connectivity index (χ4v) is 7.22. The van der Waals surface area contributed by atoms with Crippen molar-refractivity contribution < 1.29 is 4.79 Å². The van der Waals surface area contributed by atoms with Crippen molar-refractivity contribution in [3.05, 3.63) is 0 Å². The number of hydrogen-bond donors (Lipinski definition) is 1. The lowest BCUT2D eigenvalue weighted by Gasteiger charge is -2.52. The van der Waals surface area contributed by atoms with Crippen LogP contribution < -0.4 is 5.32 Å². The van der Waals surface area contributed by atoms with Crippen LogP contribution in [0.3, 0.4) is 0 Å². The van der Waals surface area contributed by atoms with E-state index >= 15 is 0 Å². The first-order valence-corrected chi connectivity index (χ1v) is 10.3. The van der Waals surface area contributed by atoms with Crippen LogP contribution in [0.5, 0.6) is 0 Å². The van der Waals surface area contributed by atoms with E-state index in [1.54, 1.807) is 0 Å². The van der Waals surface area contributed by atoms with Gasteiger partial charge >= 0.3 is 0 Å². The molecule has 0 aliphatic heterocycles. The first-order chi connectivity index (χ1) is 11.0. The molecule has 6 atom stereocenters. The van der Waals surface area contributed by atoms with Gasteiger partial charge in [-0.2, -0.15) is 0 Å². The average molecular weight is 318 g/mol. The molecule has 0 aromatic rings. The summed E-state index contributed by atoms with van der Waals surface area (Å²) in [5, 5.41) is 3.69. The van der Waals surface area contributed by atoms with Crippen LogP contribution in [0.2, 0.25) is 0 Å². The van der Waals surface area contributed by atoms with Crippen LogP contribution >= 0.6 is 0 Å². The number of nitrogens with one attached hydrogen (secondary N) is 1. The highest BCUT2D eigenvalue weighted by atomic mass is 16.2. The van der Waals surface area contributed by atoms with Gasteiger partial charge in [0.1, 0.15) is 0 Å². The third kappa shape index (κ3) is 2.96. The van der Waals surface area contributed by atoms with Gasteiger partial charge in [-0.25, -0.2) is 0 Å². The maximum atomic E-state index is 13.4. The smallest absolute Gasteiger partial charge is 0.226 e. The molecule has 4 fully saturated rings. The standard InChI is InChI=1S/C21H35NO/c1-15-9-17-5-3-7-20(11-15,13-17)19(23)22-21-8-4-6-18(14-21)10-16(2)12-21/h15-18H,3-14H2,1-2H3,(H,22,23)/t15-,16?,17?,18?,20?,21?/m1/s1. The minimum Gasteiger partial charge on any atom is -0.350 e. The van der Waals surface area contributed by atoms with Crippen molar-refractivity contribution in [1.29, 1.82) is 0 Å². The normalized spacial score (nSPS) is 49.5. The highest BCUT2D eigenvalue weighted by molar-refractivity contribution is 5.83. The molecule has 0 saturated heterocycles. The summed E-state index contributed by atoms with van der Waals surface area (Å²) in [7, 11) is 0. The molecule has 4 bridgehead atoms. The molecule has 4 aliphatic rings. The summed E-state index contributed by atoms with van der Waals surface area (Å²) in [5.74, 6) is 3.66. The Bertz CT molecular complexity index is 466. The summed E-state index contributed by atoms with van der Waals surface area (Å²) in [6.07, 6.45) is 15.3. The van der Waals surface area contributed by atoms with Gasteiger partial charge < -0.3 is 5.32 Å². The Morgan fingerprint density at radius 1 is 0.870 bits per heavy atom. The van der Waals surface area contributed by atoms with Gasteiger partial charge in [-0.1, -0.05) is 39.5 Å². The van der Waals surface area contributed by atoms with Crippen molar-refractivity contribution >= 4 is 5.91 Å². The van der Waals surface area contributed by atoms with E-state index in [9.17, 15) is 4.79 Å². The molecule has 0 radical (unpaired) electrons. The summed E-state index contributed by atoms with van der Waals surface area (Å²) in [4.78, 5) is 13.4. The second-order valence-corrected chi connectivity index (χ2v) is 10.0. The summed E-state index contributed by atoms with van der Waals surface area (Å²) < 4.78 is 0. The second-order valence-electron chi connectivity index (χ2n) is 10.0. The fourth-order valence-electron chi connectivity index (χ4n) is 7.22. The molecular weight excluding hydrogens is 282 g/mol. The van der Waals surface area contributed by atoms with Gasteiger partial charge in [0.2, 0.25) is 5.91 Å². The third-order valence-electron chi connectivity index (χ3n) is 7.70. The molecule has 2 heteroatoms. The van der Waals surface area contributed by atoms with Gasteiger partial charge in [-0.05, 0) is 75.0 Å². The number of carbonyl (C=O) groups excluding carboxylic acids is 1. The SMILES string of the molecule is CC1CC2CCCC(NC(=O)C34CCCC(C[C@@H](C)C3)C4)(C1)C2. The van der Waals surface area contributed by atoms with Crippen LogP contribution in [0, 0.1) is 29.1 Å². The zero-order valence-corrected chi connectivity index (χ0v) is 15.2. The molecule has 4 aliphatic carbocycles. The Labute approximate surface area is 142 Å². The van der Waals surface area contributed by atoms with Crippen molar-refractivity contribution in [3.8, 4) is 0 Å². The lowest BCUT2D eigenvalue weighted by Crippen LogP contribution is -2.59. The molecule has 0 spiro atoms. The molecule has 4 rings (SSSR count). The van der Waals surface area contributed by atoms with Gasteiger partial charge in [-0.15, -0.1) is 0 Å². The van der Waals surface area contributed by atoms with E-state index in [0.29, 0.717) is 5.91 Å². The molecule has 1 amide bonds. The highest BCUT2D eigenvalue weighted by Gasteiger charge is 2.50. The van der Waals surface area contributed by atoms with Crippen molar-refractivity contribution in [2.24, 2.45) is 29.1 Å². The van der Waals surface area contributed by atoms with E-state index < -0.39 is 0 Å². The first-order valence-electron chi connectivity index (χ1n) is 10.3. The summed E-state index contributed by atoms with van der Waals surface area (Å²) in [6, 6.07) is 0. The summed E-state index contributed by atoms with van der Waals surface area (Å²) in [5.41, 5.74) is 0.142. The zero-order valence-electron chi connectivity index (χ0n) is 15.2. The van der Waals surface area contributed by atoms with E-state index in [4.69, 9.17) is 0 Å². The maximum Gasteiger partial charge on any atom is 0.226 e. The fraction of sp³-hybridized carbons (Fsp3) is 0.952. The predicted molar refractivity (Wildman–Crippen MR) is 94.0 cm³/mol. The van der Waals surface area contributed by atoms with Crippen LogP contribution in [0.1, 0.15) is 90.9 Å². The van der Waals surface area contributed by atoms with Gasteiger partial charge in [0.05, 0.1) is 0 Å². The van der Waals surface area contributed by atoms with Crippen molar-refractivity contribution in [1.82, 2.24) is 5.32 Å². The Hall–Kier alpha value is -0.530. The maximum absolute atomic E-state index is 13.4. The lowest BCUT2D eigenvalue weighted by molar-refractivity contribution is -0.141. The Morgan fingerprint density at radius 2 is 1.52 bits per heavy atom. The van der Waals surface area contributed by atoms with Gasteiger partial charge in [0.15, 0.2) is 0 Å². The number of rotatable bonds is 2. The summed E-state index contributed by atoms with van der Waals surface area (Å²) >= 11 is 0. The first kappa shape index (κ1) is 16.0. The molecule has 5 unspecified atom stereocenters. The number of amides is 1. The van der Waals surface area contributed by atoms with Crippen LogP contribution in [0.4, 0.5) is 0 Å². The zero-order chi connectivity index (χ0) is 16.1. The molecule has 0 heterocycles. The number of hydrogen-bond acceptors (Lipinski definition) is 1. The van der Waals surface area contributed by atoms with E-state index in [1.165, 1.54) is 64.2 Å². The average Bonchev–Trinajstić information content (AvgIpc) is 2.45. The highest BCUT2D eigenvalue weighted by Crippen LogP contribution is 2.52. The predicted octanol–water partition coefficient (Wildman–Crippen LogP) is 5.07. The van der Waals surface area contributed by atoms with Crippen LogP contribution in [-0.4, -0.2) is 11.4 Å². The van der Waals surface area contributed by atoms with Crippen molar-refractivity contribution in [2.45, 2.75) is 96.4 Å². The number of carbonyl (C=O) groups is 1. The molecule has 4 saturated carbocycles. The largest absolute Gasteiger partial charge is 0.350 e. The van der Waals surface area contributed by atoms with E-state index in [-0.39, 0.29) is 11.0 Å². The summed E-state index contributed by atoms with van der Waals surface area (Å²) in [6.45, 7) is 4.77. The molecule has 2 nitrogen and oxygen atoms in total. The molecular formula is C21H35NO. The number of fused-ring (bicyclic) bond motifs is 4. The van der Waals surface area contributed by atoms with E-state index in [0.717, 1.165) is 36.5 Å². The van der Waals surface area contributed by atoms with Crippen LogP contribution in [-0.2, 0) is 4.79 Å². The van der Waals surface area contributed by atoms with Crippen LogP contribution in [0.15, 0.2) is 0 Å². The van der Waals surface area contributed by atoms with Crippen molar-refractivity contribution in [2.75, 3.05) is 0 Å². The topological polar surface area (TPSA) is 29.1 Å². The Morgan fingerprint density at radius 3 is 2.30 bits per heavy atom. The van der Waals surface area contributed by atoms with Crippen LogP contribution in [0.25, 0.3) is 0 Å². The molecule has 130 valence electrons. The minimum absolute atomic E-state index is 0.0110. The van der Waals surface area contributed by atoms with Gasteiger partial charge in [-0.3, -0.25) is 4.79 Å². The van der Waals surface area contributed by atoms with Gasteiger partial charge in [0, 0.05) is 11.0 Å². The van der Waals surface area contributed by atoms with E-state index in [2.05, 4.69) is 19.2 Å². The van der Waals surface area contributed by atoms with Gasteiger partial charge in [0.25, 0.3) is 0 Å². The van der Waals surface area contributed by atoms with Crippen molar-refractivity contribution in [3.63, 3.8) is 0 Å². The quantitative estimate of drug-likeness (QED) is 0.757. The molecule has 0 aromatic heterocycles. The molecule has 23 heavy (non-hydrogen) atoms. The molecule has 0 aromatic carbocycles.